The summed E-state index contributed by atoms with van der Waals surface area (Å²) in [6, 6.07) is 6.42. The molecule has 0 aliphatic carbocycles. The first-order valence-corrected chi connectivity index (χ1v) is 7.22. The van der Waals surface area contributed by atoms with Crippen molar-refractivity contribution in [3.63, 3.8) is 0 Å². The summed E-state index contributed by atoms with van der Waals surface area (Å²) in [5.74, 6) is -1.89. The zero-order valence-corrected chi connectivity index (χ0v) is 13.9. The maximum atomic E-state index is 11.1. The van der Waals surface area contributed by atoms with E-state index in [0.29, 0.717) is 16.7 Å². The molecular formula is C19H18O6. The Morgan fingerprint density at radius 2 is 1.76 bits per heavy atom. The molecule has 6 nitrogen and oxygen atoms in total. The number of hydrogen-bond donors (Lipinski definition) is 3. The van der Waals surface area contributed by atoms with E-state index in [1.54, 1.807) is 24.3 Å². The van der Waals surface area contributed by atoms with Crippen LogP contribution in [0.3, 0.4) is 0 Å². The molecule has 3 N–H and O–H groups in total. The molecule has 0 spiro atoms. The lowest BCUT2D eigenvalue weighted by Gasteiger charge is -2.18. The predicted molar refractivity (Wildman–Crippen MR) is 95.1 cm³/mol. The van der Waals surface area contributed by atoms with Gasteiger partial charge >= 0.3 is 5.97 Å². The highest BCUT2D eigenvalue weighted by Crippen LogP contribution is 2.52. The minimum atomic E-state index is -1.15. The summed E-state index contributed by atoms with van der Waals surface area (Å²) >= 11 is 0. The molecule has 6 heteroatoms. The lowest BCUT2D eigenvalue weighted by molar-refractivity contribution is -0.130. The molecule has 0 saturated carbocycles. The topological polar surface area (TPSA) is 96.2 Å². The highest BCUT2D eigenvalue weighted by Gasteiger charge is 2.25. The van der Waals surface area contributed by atoms with E-state index in [0.717, 1.165) is 0 Å². The summed E-state index contributed by atoms with van der Waals surface area (Å²) in [4.78, 5) is 11.1. The molecule has 0 unspecified atom stereocenters. The van der Waals surface area contributed by atoms with Crippen molar-refractivity contribution < 1.29 is 29.6 Å². The molecule has 130 valence electrons. The number of benzene rings is 2. The third kappa shape index (κ3) is 3.01. The summed E-state index contributed by atoms with van der Waals surface area (Å²) in [6.45, 7) is 7.24. The average Bonchev–Trinajstić information content (AvgIpc) is 2.62. The number of aliphatic carboxylic acids is 1. The zero-order valence-electron chi connectivity index (χ0n) is 13.9. The summed E-state index contributed by atoms with van der Waals surface area (Å²) in [5.41, 5.74) is 1.38. The predicted octanol–water partition coefficient (Wildman–Crippen LogP) is 3.52. The van der Waals surface area contributed by atoms with Crippen LogP contribution in [0, 0.1) is 0 Å². The maximum absolute atomic E-state index is 11.1. The van der Waals surface area contributed by atoms with Crippen molar-refractivity contribution >= 4 is 17.6 Å². The van der Waals surface area contributed by atoms with E-state index in [4.69, 9.17) is 14.6 Å². The van der Waals surface area contributed by atoms with Crippen LogP contribution in [-0.2, 0) is 4.79 Å². The van der Waals surface area contributed by atoms with Gasteiger partial charge in [0.2, 0.25) is 11.5 Å². The van der Waals surface area contributed by atoms with E-state index in [1.807, 2.05) is 0 Å². The van der Waals surface area contributed by atoms with E-state index < -0.39 is 17.5 Å². The van der Waals surface area contributed by atoms with Crippen molar-refractivity contribution in [3.05, 3.63) is 48.6 Å². The van der Waals surface area contributed by atoms with Gasteiger partial charge in [0.05, 0.1) is 19.8 Å². The second-order valence-corrected chi connectivity index (χ2v) is 5.12. The Bertz CT molecular complexity index is 867. The number of rotatable bonds is 6. The van der Waals surface area contributed by atoms with E-state index in [9.17, 15) is 15.0 Å². The first-order chi connectivity index (χ1) is 11.9. The third-order valence-corrected chi connectivity index (χ3v) is 3.77. The number of aromatic hydroxyl groups is 2. The van der Waals surface area contributed by atoms with Crippen molar-refractivity contribution in [2.24, 2.45) is 0 Å². The van der Waals surface area contributed by atoms with Gasteiger partial charge in [-0.1, -0.05) is 37.4 Å². The Kier molecular flexibility index (Phi) is 5.02. The number of methoxy groups -OCH3 is 2. The van der Waals surface area contributed by atoms with Gasteiger partial charge in [-0.05, 0) is 17.2 Å². The van der Waals surface area contributed by atoms with E-state index in [1.165, 1.54) is 20.3 Å². The molecule has 0 amide bonds. The van der Waals surface area contributed by atoms with Crippen molar-refractivity contribution in [1.29, 1.82) is 0 Å². The van der Waals surface area contributed by atoms with Crippen LogP contribution in [-0.4, -0.2) is 35.5 Å². The fraction of sp³-hybridized carbons (Fsp3) is 0.105. The molecule has 0 bridgehead atoms. The molecule has 0 aliphatic heterocycles. The number of phenols is 2. The molecule has 2 rings (SSSR count). The van der Waals surface area contributed by atoms with Gasteiger partial charge in [-0.3, -0.25) is 0 Å². The second-order valence-electron chi connectivity index (χ2n) is 5.12. The lowest BCUT2D eigenvalue weighted by atomic mass is 9.94. The second kappa shape index (κ2) is 7.00. The SMILES string of the molecule is C=Cc1c(OC)c(OC)c(O)c(O)c1-c1cccc(C(=C)C(=O)O)c1. The van der Waals surface area contributed by atoms with Gasteiger partial charge in [0, 0.05) is 11.1 Å². The number of hydrogen-bond acceptors (Lipinski definition) is 5. The molecule has 25 heavy (non-hydrogen) atoms. The van der Waals surface area contributed by atoms with Crippen LogP contribution in [0.25, 0.3) is 22.8 Å². The molecule has 0 radical (unpaired) electrons. The smallest absolute Gasteiger partial charge is 0.335 e. The van der Waals surface area contributed by atoms with Gasteiger partial charge < -0.3 is 24.8 Å². The Hall–Kier alpha value is -3.41. The maximum Gasteiger partial charge on any atom is 0.335 e. The van der Waals surface area contributed by atoms with Crippen LogP contribution >= 0.6 is 0 Å². The van der Waals surface area contributed by atoms with Crippen molar-refractivity contribution in [2.45, 2.75) is 0 Å². The molecule has 0 heterocycles. The van der Waals surface area contributed by atoms with Gasteiger partial charge in [0.15, 0.2) is 11.5 Å². The Balaban J connectivity index is 2.82. The Labute approximate surface area is 144 Å². The average molecular weight is 342 g/mol. The van der Waals surface area contributed by atoms with E-state index >= 15 is 0 Å². The van der Waals surface area contributed by atoms with Crippen LogP contribution in [0.1, 0.15) is 11.1 Å². The molecule has 2 aromatic carbocycles. The minimum absolute atomic E-state index is 0.0234. The molecule has 0 aromatic heterocycles. The Morgan fingerprint density at radius 3 is 2.28 bits per heavy atom. The molecule has 0 atom stereocenters. The molecule has 0 fully saturated rings. The molecule has 0 saturated heterocycles. The van der Waals surface area contributed by atoms with Crippen LogP contribution in [0.4, 0.5) is 0 Å². The fourth-order valence-corrected chi connectivity index (χ4v) is 2.56. The minimum Gasteiger partial charge on any atom is -0.504 e. The monoisotopic (exact) mass is 342 g/mol. The summed E-state index contributed by atoms with van der Waals surface area (Å²) in [7, 11) is 2.73. The largest absolute Gasteiger partial charge is 0.504 e. The van der Waals surface area contributed by atoms with Gasteiger partial charge in [-0.2, -0.15) is 0 Å². The molecule has 0 aliphatic rings. The van der Waals surface area contributed by atoms with Crippen LogP contribution in [0.2, 0.25) is 0 Å². The van der Waals surface area contributed by atoms with Gasteiger partial charge in [0.25, 0.3) is 0 Å². The van der Waals surface area contributed by atoms with Gasteiger partial charge in [0.1, 0.15) is 0 Å². The molecule has 2 aromatic rings. The summed E-state index contributed by atoms with van der Waals surface area (Å²) in [5, 5.41) is 29.8. The lowest BCUT2D eigenvalue weighted by Crippen LogP contribution is -1.99. The first kappa shape index (κ1) is 17.9. The quantitative estimate of drug-likeness (QED) is 0.549. The third-order valence-electron chi connectivity index (χ3n) is 3.77. The van der Waals surface area contributed by atoms with Crippen LogP contribution in [0.5, 0.6) is 23.0 Å². The van der Waals surface area contributed by atoms with Gasteiger partial charge in [-0.25, -0.2) is 4.79 Å². The van der Waals surface area contributed by atoms with Crippen molar-refractivity contribution in [1.82, 2.24) is 0 Å². The highest BCUT2D eigenvalue weighted by atomic mass is 16.5. The number of carboxylic acids is 1. The standard InChI is InChI=1S/C19H18O6/c1-5-13-14(15(20)16(21)18(25-4)17(13)24-3)12-8-6-7-11(9-12)10(2)19(22)23/h5-9,20-21H,1-2H2,3-4H3,(H,22,23). The summed E-state index contributed by atoms with van der Waals surface area (Å²) < 4.78 is 10.4. The van der Waals surface area contributed by atoms with Crippen LogP contribution < -0.4 is 9.47 Å². The number of ether oxygens (including phenoxy) is 2. The van der Waals surface area contributed by atoms with Crippen molar-refractivity contribution in [3.8, 4) is 34.1 Å². The fourth-order valence-electron chi connectivity index (χ4n) is 2.56. The van der Waals surface area contributed by atoms with Crippen molar-refractivity contribution in [2.75, 3.05) is 14.2 Å². The van der Waals surface area contributed by atoms with E-state index in [-0.39, 0.29) is 22.6 Å². The van der Waals surface area contributed by atoms with Gasteiger partial charge in [-0.15, -0.1) is 0 Å². The number of phenolic OH excluding ortho intramolecular Hbond substituents is 2. The zero-order chi connectivity index (χ0) is 18.7. The number of carbonyl (C=O) groups is 1. The normalized spacial score (nSPS) is 10.2. The van der Waals surface area contributed by atoms with E-state index in [2.05, 4.69) is 13.2 Å². The molecular weight excluding hydrogens is 324 g/mol. The van der Waals surface area contributed by atoms with Crippen LogP contribution in [0.15, 0.2) is 37.4 Å². The summed E-state index contributed by atoms with van der Waals surface area (Å²) in [6.07, 6.45) is 1.45. The Morgan fingerprint density at radius 1 is 1.12 bits per heavy atom. The highest BCUT2D eigenvalue weighted by molar-refractivity contribution is 6.14. The first-order valence-electron chi connectivity index (χ1n) is 7.22. The number of carboxylic acid groups (broad SMARTS) is 1.